The van der Waals surface area contributed by atoms with Crippen molar-refractivity contribution in [3.8, 4) is 0 Å². The van der Waals surface area contributed by atoms with Crippen molar-refractivity contribution in [3.63, 3.8) is 0 Å². The molecule has 0 bridgehead atoms. The van der Waals surface area contributed by atoms with E-state index in [0.717, 1.165) is 12.8 Å². The molecule has 0 rings (SSSR count). The molecule has 0 aliphatic heterocycles. The zero-order valence-electron chi connectivity index (χ0n) is 24.9. The van der Waals surface area contributed by atoms with Crippen LogP contribution in [0.2, 0.25) is 0 Å². The lowest BCUT2D eigenvalue weighted by Gasteiger charge is -2.08. The van der Waals surface area contributed by atoms with E-state index in [2.05, 4.69) is 6.92 Å². The third-order valence-electron chi connectivity index (χ3n) is 6.06. The molecule has 0 saturated carbocycles. The van der Waals surface area contributed by atoms with Gasteiger partial charge in [-0.3, -0.25) is 4.79 Å². The first-order chi connectivity index (χ1) is 19.3. The minimum Gasteiger partial charge on any atom is -0.463 e. The Morgan fingerprint density at radius 2 is 0.744 bits per heavy atom. The highest BCUT2D eigenvalue weighted by molar-refractivity contribution is 6.17. The van der Waals surface area contributed by atoms with E-state index >= 15 is 0 Å². The molecule has 0 aromatic carbocycles. The highest BCUT2D eigenvalue weighted by atomic mass is 35.5. The molecule has 0 spiro atoms. The highest BCUT2D eigenvalue weighted by Crippen LogP contribution is 2.13. The van der Waals surface area contributed by atoms with Gasteiger partial charge in [0.15, 0.2) is 0 Å². The van der Waals surface area contributed by atoms with Crippen LogP contribution < -0.4 is 0 Å². The van der Waals surface area contributed by atoms with Crippen LogP contribution in [0.1, 0.15) is 96.8 Å². The fourth-order valence-electron chi connectivity index (χ4n) is 3.83. The summed E-state index contributed by atoms with van der Waals surface area (Å²) in [6.45, 7) is 8.67. The number of alkyl halides is 1. The molecule has 0 aliphatic carbocycles. The van der Waals surface area contributed by atoms with Gasteiger partial charge in [0.05, 0.1) is 79.3 Å². The van der Waals surface area contributed by atoms with Gasteiger partial charge in [-0.05, 0) is 6.42 Å². The second kappa shape index (κ2) is 35.5. The lowest BCUT2D eigenvalue weighted by atomic mass is 10.0. The molecule has 0 aliphatic rings. The number of unbranched alkanes of at least 4 members (excludes halogenated alkanes) is 12. The SMILES string of the molecule is CCCCCCCCCCCCCCCC(=O)OCCOCCOCCOCCOCCOCCOCCCl. The van der Waals surface area contributed by atoms with Crippen LogP contribution in [-0.4, -0.2) is 97.7 Å². The molecule has 0 N–H and O–H groups in total. The molecular formula is C30H59ClO8. The first kappa shape index (κ1) is 38.5. The fraction of sp³-hybridized carbons (Fsp3) is 0.967. The van der Waals surface area contributed by atoms with Crippen molar-refractivity contribution < 1.29 is 38.0 Å². The quantitative estimate of drug-likeness (QED) is 0.0493. The summed E-state index contributed by atoms with van der Waals surface area (Å²) in [5.41, 5.74) is 0. The molecule has 0 radical (unpaired) electrons. The number of hydrogen-bond donors (Lipinski definition) is 0. The van der Waals surface area contributed by atoms with E-state index in [1.807, 2.05) is 0 Å². The molecule has 9 heteroatoms. The van der Waals surface area contributed by atoms with Crippen LogP contribution in [0.25, 0.3) is 0 Å². The second-order valence-corrected chi connectivity index (χ2v) is 9.95. The van der Waals surface area contributed by atoms with Crippen LogP contribution in [0.4, 0.5) is 0 Å². The van der Waals surface area contributed by atoms with Gasteiger partial charge in [-0.1, -0.05) is 84.0 Å². The lowest BCUT2D eigenvalue weighted by Crippen LogP contribution is -2.15. The Labute approximate surface area is 244 Å². The Hall–Kier alpha value is -0.480. The van der Waals surface area contributed by atoms with E-state index in [-0.39, 0.29) is 5.97 Å². The Bertz CT molecular complexity index is 470. The summed E-state index contributed by atoms with van der Waals surface area (Å²) in [6, 6.07) is 0. The van der Waals surface area contributed by atoms with Gasteiger partial charge in [-0.15, -0.1) is 11.6 Å². The number of ether oxygens (including phenoxy) is 7. The summed E-state index contributed by atoms with van der Waals surface area (Å²) in [7, 11) is 0. The summed E-state index contributed by atoms with van der Waals surface area (Å²) >= 11 is 5.51. The zero-order chi connectivity index (χ0) is 28.3. The predicted octanol–water partition coefficient (Wildman–Crippen LogP) is 6.35. The first-order valence-corrected chi connectivity index (χ1v) is 16.0. The lowest BCUT2D eigenvalue weighted by molar-refractivity contribution is -0.145. The third-order valence-corrected chi connectivity index (χ3v) is 6.21. The average molecular weight is 583 g/mol. The maximum atomic E-state index is 11.8. The largest absolute Gasteiger partial charge is 0.463 e. The maximum Gasteiger partial charge on any atom is 0.305 e. The van der Waals surface area contributed by atoms with E-state index in [4.69, 9.17) is 44.8 Å². The number of carbonyl (C=O) groups excluding carboxylic acids is 1. The molecule has 0 fully saturated rings. The normalized spacial score (nSPS) is 11.3. The molecule has 0 atom stereocenters. The second-order valence-electron chi connectivity index (χ2n) is 9.58. The Balaban J connectivity index is 3.13. The number of esters is 1. The molecule has 8 nitrogen and oxygen atoms in total. The molecular weight excluding hydrogens is 524 g/mol. The molecule has 234 valence electrons. The molecule has 0 heterocycles. The van der Waals surface area contributed by atoms with Gasteiger partial charge in [0, 0.05) is 12.3 Å². The van der Waals surface area contributed by atoms with E-state index in [9.17, 15) is 4.79 Å². The van der Waals surface area contributed by atoms with Crippen LogP contribution in [0.5, 0.6) is 0 Å². The van der Waals surface area contributed by atoms with E-state index in [1.54, 1.807) is 0 Å². The summed E-state index contributed by atoms with van der Waals surface area (Å²) in [6.07, 6.45) is 17.4. The number of hydrogen-bond acceptors (Lipinski definition) is 8. The molecule has 0 aromatic rings. The van der Waals surface area contributed by atoms with Gasteiger partial charge in [0.25, 0.3) is 0 Å². The monoisotopic (exact) mass is 582 g/mol. The number of rotatable bonds is 34. The average Bonchev–Trinajstić information content (AvgIpc) is 2.94. The van der Waals surface area contributed by atoms with Gasteiger partial charge in [-0.2, -0.15) is 0 Å². The van der Waals surface area contributed by atoms with Gasteiger partial charge in [-0.25, -0.2) is 0 Å². The minimum atomic E-state index is -0.126. The molecule has 39 heavy (non-hydrogen) atoms. The smallest absolute Gasteiger partial charge is 0.305 e. The van der Waals surface area contributed by atoms with E-state index < -0.39 is 0 Å². The molecule has 0 unspecified atom stereocenters. The first-order valence-electron chi connectivity index (χ1n) is 15.5. The maximum absolute atomic E-state index is 11.8. The van der Waals surface area contributed by atoms with Crippen molar-refractivity contribution in [2.45, 2.75) is 96.8 Å². The number of halogens is 1. The summed E-state index contributed by atoms with van der Waals surface area (Å²) < 4.78 is 37.5. The summed E-state index contributed by atoms with van der Waals surface area (Å²) in [5.74, 6) is 0.374. The van der Waals surface area contributed by atoms with E-state index in [0.29, 0.717) is 98.2 Å². The Morgan fingerprint density at radius 3 is 1.10 bits per heavy atom. The Kier molecular flexibility index (Phi) is 35.1. The number of carbonyl (C=O) groups is 1. The van der Waals surface area contributed by atoms with Gasteiger partial charge < -0.3 is 33.2 Å². The molecule has 0 saturated heterocycles. The highest BCUT2D eigenvalue weighted by Gasteiger charge is 2.03. The van der Waals surface area contributed by atoms with Crippen molar-refractivity contribution in [2.75, 3.05) is 91.8 Å². The van der Waals surface area contributed by atoms with Crippen molar-refractivity contribution in [3.05, 3.63) is 0 Å². The van der Waals surface area contributed by atoms with Crippen molar-refractivity contribution in [1.82, 2.24) is 0 Å². The minimum absolute atomic E-state index is 0.126. The van der Waals surface area contributed by atoms with Gasteiger partial charge in [0.2, 0.25) is 0 Å². The van der Waals surface area contributed by atoms with Gasteiger partial charge >= 0.3 is 5.97 Å². The molecule has 0 aromatic heterocycles. The van der Waals surface area contributed by atoms with Crippen molar-refractivity contribution >= 4 is 17.6 Å². The van der Waals surface area contributed by atoms with Crippen LogP contribution in [0.15, 0.2) is 0 Å². The third kappa shape index (κ3) is 35.5. The van der Waals surface area contributed by atoms with Crippen LogP contribution in [-0.2, 0) is 38.0 Å². The van der Waals surface area contributed by atoms with Crippen LogP contribution >= 0.6 is 11.6 Å². The van der Waals surface area contributed by atoms with E-state index in [1.165, 1.54) is 70.6 Å². The van der Waals surface area contributed by atoms with Crippen molar-refractivity contribution in [2.24, 2.45) is 0 Å². The molecule has 0 amide bonds. The predicted molar refractivity (Wildman–Crippen MR) is 157 cm³/mol. The summed E-state index contributed by atoms with van der Waals surface area (Å²) in [4.78, 5) is 11.8. The zero-order valence-corrected chi connectivity index (χ0v) is 25.7. The topological polar surface area (TPSA) is 81.7 Å². The van der Waals surface area contributed by atoms with Crippen LogP contribution in [0.3, 0.4) is 0 Å². The fourth-order valence-corrected chi connectivity index (χ4v) is 3.94. The van der Waals surface area contributed by atoms with Crippen molar-refractivity contribution in [1.29, 1.82) is 0 Å². The van der Waals surface area contributed by atoms with Gasteiger partial charge in [0.1, 0.15) is 6.61 Å². The summed E-state index contributed by atoms with van der Waals surface area (Å²) in [5, 5.41) is 0. The van der Waals surface area contributed by atoms with Crippen LogP contribution in [0, 0.1) is 0 Å². The Morgan fingerprint density at radius 1 is 0.436 bits per heavy atom. The standard InChI is InChI=1S/C30H59ClO8/c1-2-3-4-5-6-7-8-9-10-11-12-13-14-15-30(32)39-29-28-38-27-26-37-25-24-36-23-22-35-21-20-34-19-18-33-17-16-31/h2-29H2,1H3.